The normalized spacial score (nSPS) is 21.1. The van der Waals surface area contributed by atoms with Crippen molar-refractivity contribution in [1.82, 2.24) is 4.90 Å². The summed E-state index contributed by atoms with van der Waals surface area (Å²) >= 11 is 1.73. The van der Waals surface area contributed by atoms with Gasteiger partial charge in [-0.1, -0.05) is 68.1 Å². The molecule has 1 unspecified atom stereocenters. The van der Waals surface area contributed by atoms with Gasteiger partial charge >= 0.3 is 0 Å². The summed E-state index contributed by atoms with van der Waals surface area (Å²) in [5, 5.41) is 17.0. The van der Waals surface area contributed by atoms with Crippen LogP contribution in [0.2, 0.25) is 0 Å². The van der Waals surface area contributed by atoms with Gasteiger partial charge in [-0.2, -0.15) is 27.0 Å². The van der Waals surface area contributed by atoms with Crippen molar-refractivity contribution in [2.45, 2.75) is 44.9 Å². The van der Waals surface area contributed by atoms with Crippen molar-refractivity contribution in [1.29, 1.82) is 0 Å². The van der Waals surface area contributed by atoms with Gasteiger partial charge in [-0.05, 0) is 64.6 Å². The predicted molar refractivity (Wildman–Crippen MR) is 168 cm³/mol. The van der Waals surface area contributed by atoms with Gasteiger partial charge in [0.1, 0.15) is 0 Å². The average molecular weight is 539 g/mol. The predicted octanol–water partition coefficient (Wildman–Crippen LogP) is 7.25. The molecule has 4 heterocycles. The fourth-order valence-corrected chi connectivity index (χ4v) is 6.60. The molecule has 0 amide bonds. The molecule has 3 aromatic carbocycles. The highest BCUT2D eigenvalue weighted by Crippen LogP contribution is 2.34. The van der Waals surface area contributed by atoms with Gasteiger partial charge in [0.05, 0.1) is 6.10 Å². The van der Waals surface area contributed by atoms with Crippen LogP contribution in [0, 0.1) is 0 Å². The van der Waals surface area contributed by atoms with Gasteiger partial charge in [0.2, 0.25) is 0 Å². The smallest absolute Gasteiger partial charge is 0.0816 e. The first kappa shape index (κ1) is 28.6. The van der Waals surface area contributed by atoms with Crippen molar-refractivity contribution in [3.63, 3.8) is 0 Å². The zero-order valence-electron chi connectivity index (χ0n) is 19.8. The van der Waals surface area contributed by atoms with Gasteiger partial charge in [0, 0.05) is 42.1 Å². The van der Waals surface area contributed by atoms with Gasteiger partial charge in [0.25, 0.3) is 0 Å². The van der Waals surface area contributed by atoms with E-state index in [2.05, 4.69) is 94.1 Å². The molecule has 3 atom stereocenters. The lowest BCUT2D eigenvalue weighted by Crippen LogP contribution is -2.59. The minimum atomic E-state index is -0.405. The summed E-state index contributed by atoms with van der Waals surface area (Å²) in [5.74, 6) is 0. The molecule has 0 radical (unpaired) electrons. The molecule has 3 nitrogen and oxygen atoms in total. The second kappa shape index (κ2) is 12.5. The van der Waals surface area contributed by atoms with E-state index in [9.17, 15) is 5.11 Å². The quantitative estimate of drug-likeness (QED) is 0.271. The molecule has 1 saturated heterocycles. The molecule has 3 aliphatic heterocycles. The lowest BCUT2D eigenvalue weighted by Gasteiger charge is -2.48. The van der Waals surface area contributed by atoms with E-state index in [1.165, 1.54) is 26.5 Å². The highest BCUT2D eigenvalue weighted by atomic mass is 32.1. The largest absolute Gasteiger partial charge is 0.388 e. The Kier molecular flexibility index (Phi) is 9.95. The Morgan fingerprint density at radius 2 is 1.58 bits per heavy atom. The van der Waals surface area contributed by atoms with E-state index in [1.807, 2.05) is 0 Å². The van der Waals surface area contributed by atoms with Crippen molar-refractivity contribution in [2.75, 3.05) is 24.5 Å². The van der Waals surface area contributed by atoms with Crippen LogP contribution in [0.25, 0.3) is 20.9 Å². The molecule has 6 heteroatoms. The maximum Gasteiger partial charge on any atom is 0.0816 e. The Labute approximate surface area is 233 Å². The molecule has 1 N–H and O–H groups in total. The maximum atomic E-state index is 11.0. The summed E-state index contributed by atoms with van der Waals surface area (Å²) in [5.41, 5.74) is 2.42. The number of anilines is 1. The van der Waals surface area contributed by atoms with Crippen molar-refractivity contribution in [3.05, 3.63) is 89.8 Å². The monoisotopic (exact) mass is 538 g/mol. The molecular weight excluding hydrogens is 501 g/mol. The number of benzene rings is 3. The molecule has 36 heavy (non-hydrogen) atoms. The Bertz CT molecular complexity index is 1300. The van der Waals surface area contributed by atoms with Crippen molar-refractivity contribution < 1.29 is 5.11 Å². The lowest BCUT2D eigenvalue weighted by atomic mass is 9.95. The zero-order valence-corrected chi connectivity index (χ0v) is 22.6. The van der Waals surface area contributed by atoms with Crippen LogP contribution >= 0.6 is 38.3 Å². The van der Waals surface area contributed by atoms with Crippen LogP contribution in [0.15, 0.2) is 84.3 Å². The number of thiophene rings is 1. The van der Waals surface area contributed by atoms with Crippen LogP contribution in [0.4, 0.5) is 5.69 Å². The summed E-state index contributed by atoms with van der Waals surface area (Å²) in [7, 11) is 0. The molecule has 192 valence electrons. The number of hydrogen-bond acceptors (Lipinski definition) is 4. The second-order valence-corrected chi connectivity index (χ2v) is 10.3. The first-order valence-corrected chi connectivity index (χ1v) is 12.9. The first-order chi connectivity index (χ1) is 16.3. The van der Waals surface area contributed by atoms with E-state index in [0.717, 1.165) is 44.5 Å². The summed E-state index contributed by atoms with van der Waals surface area (Å²) in [6, 6.07) is 24.9. The summed E-state index contributed by atoms with van der Waals surface area (Å²) < 4.78 is 1.26. The molecule has 2 bridgehead atoms. The molecule has 1 fully saturated rings. The fourth-order valence-electron chi connectivity index (χ4n) is 5.59. The third-order valence-electron chi connectivity index (χ3n) is 7.42. The Hall–Kier alpha value is -1.96. The average Bonchev–Trinajstić information content (AvgIpc) is 3.27. The van der Waals surface area contributed by atoms with E-state index in [4.69, 9.17) is 0 Å². The Morgan fingerprint density at radius 1 is 0.861 bits per heavy atom. The Balaban J connectivity index is 0.00000120. The highest BCUT2D eigenvalue weighted by Gasteiger charge is 2.34. The number of aliphatic hydroxyl groups is 1. The van der Waals surface area contributed by atoms with Gasteiger partial charge in [-0.15, -0.1) is 11.3 Å². The van der Waals surface area contributed by atoms with Crippen LogP contribution in [0.3, 0.4) is 0 Å². The van der Waals surface area contributed by atoms with Gasteiger partial charge < -0.3 is 10.0 Å². The first-order valence-electron chi connectivity index (χ1n) is 12.0. The number of rotatable bonds is 5. The van der Waals surface area contributed by atoms with Crippen LogP contribution in [0.5, 0.6) is 0 Å². The van der Waals surface area contributed by atoms with E-state index in [-0.39, 0.29) is 34.4 Å². The number of fused-ring (bicyclic) bond motifs is 6. The number of nitrogens with zero attached hydrogens (tertiary/aromatic N) is 2. The minimum Gasteiger partial charge on any atom is -0.388 e. The van der Waals surface area contributed by atoms with Gasteiger partial charge in [-0.25, -0.2) is 0 Å². The lowest BCUT2D eigenvalue weighted by molar-refractivity contribution is 0.104. The standard InChI is InChI=1S/C29H30N2OS.CH4.2H2S/c32-28(27-20-33-29-12-6-5-11-26(27)29)15-16-30-18-25-10-4-3-9-24(30)19-31(25)23-14-13-21-7-1-2-8-22(21)17-23;;;/h1-8,11-14,17,20,24-25,28,32H,9-10,15-16,18-19H2;1H4;2*1H2/b4-3-;;;/t24-,25-,28?;;;/m0.../s1. The summed E-state index contributed by atoms with van der Waals surface area (Å²) in [4.78, 5) is 5.25. The van der Waals surface area contributed by atoms with Crippen molar-refractivity contribution in [3.8, 4) is 0 Å². The third kappa shape index (κ3) is 5.63. The molecule has 1 aromatic heterocycles. The highest BCUT2D eigenvalue weighted by molar-refractivity contribution is 7.59. The van der Waals surface area contributed by atoms with Crippen molar-refractivity contribution in [2.24, 2.45) is 0 Å². The number of hydrogen-bond donors (Lipinski definition) is 1. The van der Waals surface area contributed by atoms with Gasteiger partial charge in [-0.3, -0.25) is 4.90 Å². The molecule has 0 spiro atoms. The maximum absolute atomic E-state index is 11.0. The number of aliphatic hydroxyl groups excluding tert-OH is 1. The number of piperazine rings is 1. The minimum absolute atomic E-state index is 0. The fraction of sp³-hybridized carbons (Fsp3) is 0.333. The van der Waals surface area contributed by atoms with Crippen LogP contribution in [-0.4, -0.2) is 41.7 Å². The second-order valence-electron chi connectivity index (χ2n) is 9.42. The summed E-state index contributed by atoms with van der Waals surface area (Å²) in [6.45, 7) is 3.04. The molecule has 4 aromatic rings. The van der Waals surface area contributed by atoms with Crippen LogP contribution in [0.1, 0.15) is 38.4 Å². The SMILES string of the molecule is C.OC(CCN1C[C@@H]2C/C=C\C[C@H]1CN2c1ccc2ccccc2c1)c1csc2ccccc12.S.S. The zero-order chi connectivity index (χ0) is 22.2. The molecular formula is C30H38N2OS3. The van der Waals surface area contributed by atoms with E-state index >= 15 is 0 Å². The van der Waals surface area contributed by atoms with E-state index in [1.54, 1.807) is 11.3 Å². The van der Waals surface area contributed by atoms with E-state index in [0.29, 0.717) is 12.1 Å². The van der Waals surface area contributed by atoms with E-state index < -0.39 is 6.10 Å². The van der Waals surface area contributed by atoms with Crippen LogP contribution in [-0.2, 0) is 0 Å². The molecule has 3 aliphatic rings. The topological polar surface area (TPSA) is 26.7 Å². The van der Waals surface area contributed by atoms with Gasteiger partial charge in [0.15, 0.2) is 0 Å². The Morgan fingerprint density at radius 3 is 2.42 bits per heavy atom. The van der Waals surface area contributed by atoms with Crippen molar-refractivity contribution >= 4 is 64.9 Å². The van der Waals surface area contributed by atoms with Crippen LogP contribution < -0.4 is 4.90 Å². The third-order valence-corrected chi connectivity index (χ3v) is 8.40. The molecule has 0 saturated carbocycles. The molecule has 7 rings (SSSR count). The summed E-state index contributed by atoms with van der Waals surface area (Å²) in [6.07, 6.45) is 7.27. The molecule has 0 aliphatic carbocycles.